The summed E-state index contributed by atoms with van der Waals surface area (Å²) in [4.78, 5) is 27.2. The maximum Gasteiger partial charge on any atom is 0.233 e. The largest absolute Gasteiger partial charge is 0.355 e. The molecular formula is C18H24BrN3O2. The minimum absolute atomic E-state index is 0.0188. The molecule has 2 fully saturated rings. The van der Waals surface area contributed by atoms with Crippen molar-refractivity contribution in [3.63, 3.8) is 0 Å². The molecule has 0 bridgehead atoms. The van der Waals surface area contributed by atoms with Gasteiger partial charge < -0.3 is 16.0 Å². The van der Waals surface area contributed by atoms with Crippen LogP contribution in [0.5, 0.6) is 0 Å². The fourth-order valence-corrected chi connectivity index (χ4v) is 3.95. The van der Waals surface area contributed by atoms with E-state index in [1.54, 1.807) is 0 Å². The monoisotopic (exact) mass is 393 g/mol. The van der Waals surface area contributed by atoms with Gasteiger partial charge in [0.2, 0.25) is 11.8 Å². The summed E-state index contributed by atoms with van der Waals surface area (Å²) in [6.45, 7) is 2.19. The van der Waals surface area contributed by atoms with E-state index < -0.39 is 0 Å². The molecule has 1 saturated heterocycles. The lowest BCUT2D eigenvalue weighted by molar-refractivity contribution is -0.138. The molecule has 1 atom stereocenters. The Balaban J connectivity index is 1.69. The van der Waals surface area contributed by atoms with E-state index in [0.717, 1.165) is 42.3 Å². The zero-order chi connectivity index (χ0) is 17.2. The summed E-state index contributed by atoms with van der Waals surface area (Å²) >= 11 is 3.49. The molecule has 1 aromatic carbocycles. The van der Waals surface area contributed by atoms with E-state index in [0.29, 0.717) is 19.6 Å². The van der Waals surface area contributed by atoms with Crippen molar-refractivity contribution < 1.29 is 9.59 Å². The molecule has 2 aliphatic rings. The highest BCUT2D eigenvalue weighted by Crippen LogP contribution is 2.50. The molecule has 5 nitrogen and oxygen atoms in total. The summed E-state index contributed by atoms with van der Waals surface area (Å²) in [5.41, 5.74) is 6.15. The number of rotatable bonds is 5. The average molecular weight is 394 g/mol. The molecule has 0 spiro atoms. The summed E-state index contributed by atoms with van der Waals surface area (Å²) in [5.74, 6) is 0.0785. The number of likely N-dealkylation sites (tertiary alicyclic amines) is 1. The maximum absolute atomic E-state index is 13.1. The van der Waals surface area contributed by atoms with Crippen molar-refractivity contribution in [3.8, 4) is 0 Å². The molecule has 1 aliphatic heterocycles. The van der Waals surface area contributed by atoms with E-state index >= 15 is 0 Å². The predicted molar refractivity (Wildman–Crippen MR) is 96.4 cm³/mol. The van der Waals surface area contributed by atoms with E-state index in [4.69, 9.17) is 5.73 Å². The van der Waals surface area contributed by atoms with E-state index in [9.17, 15) is 9.59 Å². The van der Waals surface area contributed by atoms with Gasteiger partial charge in [-0.15, -0.1) is 0 Å². The van der Waals surface area contributed by atoms with Gasteiger partial charge in [0.05, 0.1) is 11.3 Å². The molecule has 3 rings (SSSR count). The Bertz CT molecular complexity index is 630. The normalized spacial score (nSPS) is 22.1. The average Bonchev–Trinajstić information content (AvgIpc) is 3.41. The van der Waals surface area contributed by atoms with Gasteiger partial charge in [-0.05, 0) is 43.4 Å². The topological polar surface area (TPSA) is 75.4 Å². The van der Waals surface area contributed by atoms with Crippen molar-refractivity contribution in [2.75, 3.05) is 26.2 Å². The smallest absolute Gasteiger partial charge is 0.233 e. The SMILES string of the molecule is NCCNC(=O)C1CCCN(C(=O)C2(c3cccc(Br)c3)CC2)C1. The number of hydrogen-bond acceptors (Lipinski definition) is 3. The van der Waals surface area contributed by atoms with Crippen molar-refractivity contribution in [1.82, 2.24) is 10.2 Å². The second-order valence-corrected chi connectivity index (χ2v) is 7.68. The Morgan fingerprint density at radius 1 is 1.38 bits per heavy atom. The minimum atomic E-state index is -0.376. The Labute approximate surface area is 151 Å². The highest BCUT2D eigenvalue weighted by Gasteiger charge is 2.53. The lowest BCUT2D eigenvalue weighted by Gasteiger charge is -2.34. The summed E-state index contributed by atoms with van der Waals surface area (Å²) < 4.78 is 0.997. The number of carbonyl (C=O) groups excluding carboxylic acids is 2. The highest BCUT2D eigenvalue weighted by molar-refractivity contribution is 9.10. The van der Waals surface area contributed by atoms with Gasteiger partial charge in [-0.25, -0.2) is 0 Å². The number of benzene rings is 1. The van der Waals surface area contributed by atoms with Gasteiger partial charge in [-0.2, -0.15) is 0 Å². The Hall–Kier alpha value is -1.40. The summed E-state index contributed by atoms with van der Waals surface area (Å²) in [7, 11) is 0. The molecule has 0 aromatic heterocycles. The zero-order valence-electron chi connectivity index (χ0n) is 13.8. The van der Waals surface area contributed by atoms with Crippen LogP contribution >= 0.6 is 15.9 Å². The number of hydrogen-bond donors (Lipinski definition) is 2. The molecule has 1 aliphatic carbocycles. The first-order valence-electron chi connectivity index (χ1n) is 8.60. The summed E-state index contributed by atoms with van der Waals surface area (Å²) in [5, 5.41) is 2.85. The standard InChI is InChI=1S/C18H24BrN3O2/c19-15-5-1-4-14(11-15)18(6-7-18)17(24)22-10-2-3-13(12-22)16(23)21-9-8-20/h1,4-5,11,13H,2-3,6-10,12,20H2,(H,21,23). The quantitative estimate of drug-likeness (QED) is 0.800. The van der Waals surface area contributed by atoms with Crippen LogP contribution in [-0.2, 0) is 15.0 Å². The third-order valence-electron chi connectivity index (χ3n) is 5.06. The van der Waals surface area contributed by atoms with Gasteiger partial charge in [-0.1, -0.05) is 28.1 Å². The lowest BCUT2D eigenvalue weighted by atomic mass is 9.91. The molecule has 1 unspecified atom stereocenters. The van der Waals surface area contributed by atoms with Crippen molar-refractivity contribution >= 4 is 27.7 Å². The predicted octanol–water partition coefficient (Wildman–Crippen LogP) is 1.79. The van der Waals surface area contributed by atoms with Crippen LogP contribution in [0.15, 0.2) is 28.7 Å². The van der Waals surface area contributed by atoms with Crippen LogP contribution in [0.2, 0.25) is 0 Å². The molecule has 2 amide bonds. The highest BCUT2D eigenvalue weighted by atomic mass is 79.9. The van der Waals surface area contributed by atoms with E-state index in [-0.39, 0.29) is 23.1 Å². The fourth-order valence-electron chi connectivity index (χ4n) is 3.56. The van der Waals surface area contributed by atoms with Crippen LogP contribution in [0, 0.1) is 5.92 Å². The number of nitrogens with two attached hydrogens (primary N) is 1. The third-order valence-corrected chi connectivity index (χ3v) is 5.55. The molecule has 1 heterocycles. The number of nitrogens with zero attached hydrogens (tertiary/aromatic N) is 1. The first-order valence-corrected chi connectivity index (χ1v) is 9.39. The van der Waals surface area contributed by atoms with Gasteiger partial charge >= 0.3 is 0 Å². The van der Waals surface area contributed by atoms with Crippen molar-refractivity contribution in [2.24, 2.45) is 11.7 Å². The molecule has 24 heavy (non-hydrogen) atoms. The first-order chi connectivity index (χ1) is 11.6. The third kappa shape index (κ3) is 3.49. The van der Waals surface area contributed by atoms with Gasteiger partial charge in [-0.3, -0.25) is 9.59 Å². The van der Waals surface area contributed by atoms with E-state index in [1.165, 1.54) is 0 Å². The van der Waals surface area contributed by atoms with Gasteiger partial charge in [0.1, 0.15) is 0 Å². The summed E-state index contributed by atoms with van der Waals surface area (Å²) in [6.07, 6.45) is 3.50. The van der Waals surface area contributed by atoms with Gasteiger partial charge in [0.15, 0.2) is 0 Å². The second-order valence-electron chi connectivity index (χ2n) is 6.76. The molecule has 1 aromatic rings. The fraction of sp³-hybridized carbons (Fsp3) is 0.556. The molecule has 130 valence electrons. The summed E-state index contributed by atoms with van der Waals surface area (Å²) in [6, 6.07) is 8.03. The number of amides is 2. The molecule has 3 N–H and O–H groups in total. The van der Waals surface area contributed by atoms with Crippen LogP contribution in [0.25, 0.3) is 0 Å². The van der Waals surface area contributed by atoms with Crippen molar-refractivity contribution in [1.29, 1.82) is 0 Å². The van der Waals surface area contributed by atoms with Crippen LogP contribution in [0.3, 0.4) is 0 Å². The number of piperidine rings is 1. The van der Waals surface area contributed by atoms with Crippen LogP contribution in [-0.4, -0.2) is 42.9 Å². The Morgan fingerprint density at radius 3 is 2.83 bits per heavy atom. The molecule has 1 saturated carbocycles. The Kier molecular flexibility index (Phi) is 5.25. The number of nitrogens with one attached hydrogen (secondary N) is 1. The molecule has 6 heteroatoms. The number of carbonyl (C=O) groups is 2. The first kappa shape index (κ1) is 17.4. The van der Waals surface area contributed by atoms with E-state index in [2.05, 4.69) is 21.2 Å². The van der Waals surface area contributed by atoms with E-state index in [1.807, 2.05) is 29.2 Å². The van der Waals surface area contributed by atoms with Crippen LogP contribution in [0.4, 0.5) is 0 Å². The molecule has 0 radical (unpaired) electrons. The Morgan fingerprint density at radius 2 is 2.17 bits per heavy atom. The maximum atomic E-state index is 13.1. The number of halogens is 1. The zero-order valence-corrected chi connectivity index (χ0v) is 15.3. The molecular weight excluding hydrogens is 370 g/mol. The second kappa shape index (κ2) is 7.23. The van der Waals surface area contributed by atoms with Crippen LogP contribution < -0.4 is 11.1 Å². The van der Waals surface area contributed by atoms with Crippen molar-refractivity contribution in [2.45, 2.75) is 31.1 Å². The lowest BCUT2D eigenvalue weighted by Crippen LogP contribution is -2.49. The van der Waals surface area contributed by atoms with Crippen molar-refractivity contribution in [3.05, 3.63) is 34.3 Å². The van der Waals surface area contributed by atoms with Gasteiger partial charge in [0.25, 0.3) is 0 Å². The van der Waals surface area contributed by atoms with Crippen LogP contribution in [0.1, 0.15) is 31.2 Å². The van der Waals surface area contributed by atoms with Gasteiger partial charge in [0, 0.05) is 30.7 Å². The minimum Gasteiger partial charge on any atom is -0.355 e.